The van der Waals surface area contributed by atoms with Gasteiger partial charge in [0.1, 0.15) is 5.84 Å². The molecule has 4 N–H and O–H groups in total. The average Bonchev–Trinajstić information content (AvgIpc) is 2.47. The van der Waals surface area contributed by atoms with E-state index in [9.17, 15) is 0 Å². The number of oxime groups is 1. The fourth-order valence-electron chi connectivity index (χ4n) is 1.94. The van der Waals surface area contributed by atoms with Crippen LogP contribution in [0.4, 0.5) is 0 Å². The van der Waals surface area contributed by atoms with Crippen molar-refractivity contribution in [2.24, 2.45) is 10.9 Å². The third kappa shape index (κ3) is 4.65. The van der Waals surface area contributed by atoms with E-state index in [0.717, 1.165) is 18.4 Å². The number of hydrogen-bond donors (Lipinski definition) is 3. The molecule has 0 aliphatic carbocycles. The van der Waals surface area contributed by atoms with Crippen molar-refractivity contribution < 1.29 is 5.21 Å². The summed E-state index contributed by atoms with van der Waals surface area (Å²) >= 11 is 0. The molecule has 1 aromatic carbocycles. The first-order valence-corrected chi connectivity index (χ1v) is 6.44. The Morgan fingerprint density at radius 1 is 1.47 bits per heavy atom. The zero-order valence-corrected chi connectivity index (χ0v) is 11.2. The lowest BCUT2D eigenvalue weighted by Crippen LogP contribution is -2.36. The second kappa shape index (κ2) is 8.17. The van der Waals surface area contributed by atoms with Crippen molar-refractivity contribution in [2.45, 2.75) is 31.7 Å². The Morgan fingerprint density at radius 3 is 2.68 bits per heavy atom. The molecule has 0 bridgehead atoms. The first-order chi connectivity index (χ1) is 9.22. The van der Waals surface area contributed by atoms with E-state index in [2.05, 4.69) is 23.3 Å². The number of nitrogens with two attached hydrogens (primary N) is 1. The monoisotopic (exact) mass is 259 g/mol. The molecule has 4 heteroatoms. The van der Waals surface area contributed by atoms with Gasteiger partial charge in [0.25, 0.3) is 0 Å². The second-order valence-electron chi connectivity index (χ2n) is 4.40. The molecule has 1 aromatic rings. The summed E-state index contributed by atoms with van der Waals surface area (Å²) in [4.78, 5) is 0. The molecule has 19 heavy (non-hydrogen) atoms. The first kappa shape index (κ1) is 15.1. The summed E-state index contributed by atoms with van der Waals surface area (Å²) in [5.74, 6) is 2.72. The van der Waals surface area contributed by atoms with Crippen LogP contribution in [0.1, 0.15) is 31.2 Å². The topological polar surface area (TPSA) is 70.6 Å². The lowest BCUT2D eigenvalue weighted by atomic mass is 9.97. The standard InChI is InChI=1S/C15H21N3O/c1-3-8-13(4-2)17-11-14(15(16)18-19)12-9-6-5-7-10-12/h2,5-7,9-10,13-14,17,19H,3,8,11H2,1H3,(H2,16,18). The largest absolute Gasteiger partial charge is 0.409 e. The van der Waals surface area contributed by atoms with Gasteiger partial charge in [0.15, 0.2) is 0 Å². The molecule has 0 aromatic heterocycles. The van der Waals surface area contributed by atoms with E-state index in [1.807, 2.05) is 30.3 Å². The SMILES string of the molecule is C#CC(CCC)NCC(/C(N)=N/O)c1ccccc1. The fourth-order valence-corrected chi connectivity index (χ4v) is 1.94. The van der Waals surface area contributed by atoms with E-state index in [1.54, 1.807) is 0 Å². The Kier molecular flexibility index (Phi) is 6.48. The van der Waals surface area contributed by atoms with E-state index >= 15 is 0 Å². The molecule has 0 radical (unpaired) electrons. The molecule has 0 amide bonds. The van der Waals surface area contributed by atoms with E-state index in [4.69, 9.17) is 17.4 Å². The van der Waals surface area contributed by atoms with E-state index in [-0.39, 0.29) is 17.8 Å². The minimum Gasteiger partial charge on any atom is -0.409 e. The Labute approximate surface area is 114 Å². The highest BCUT2D eigenvalue weighted by atomic mass is 16.4. The Balaban J connectivity index is 2.75. The van der Waals surface area contributed by atoms with Gasteiger partial charge in [0, 0.05) is 6.54 Å². The lowest BCUT2D eigenvalue weighted by Gasteiger charge is -2.19. The quantitative estimate of drug-likeness (QED) is 0.230. The summed E-state index contributed by atoms with van der Waals surface area (Å²) in [5.41, 5.74) is 6.76. The Hall–Kier alpha value is -1.99. The summed E-state index contributed by atoms with van der Waals surface area (Å²) in [6.07, 6.45) is 7.40. The Morgan fingerprint density at radius 2 is 2.16 bits per heavy atom. The molecule has 0 fully saturated rings. The number of nitrogens with zero attached hydrogens (tertiary/aromatic N) is 1. The van der Waals surface area contributed by atoms with Gasteiger partial charge in [0.2, 0.25) is 0 Å². The number of terminal acetylenes is 1. The van der Waals surface area contributed by atoms with E-state index in [1.165, 1.54) is 0 Å². The highest BCUT2D eigenvalue weighted by Gasteiger charge is 2.17. The maximum absolute atomic E-state index is 8.89. The van der Waals surface area contributed by atoms with Crippen molar-refractivity contribution in [3.63, 3.8) is 0 Å². The van der Waals surface area contributed by atoms with Crippen molar-refractivity contribution >= 4 is 5.84 Å². The van der Waals surface area contributed by atoms with Crippen molar-refractivity contribution in [1.29, 1.82) is 0 Å². The van der Waals surface area contributed by atoms with Crippen LogP contribution in [0.25, 0.3) is 0 Å². The predicted molar refractivity (Wildman–Crippen MR) is 78.1 cm³/mol. The molecule has 4 nitrogen and oxygen atoms in total. The van der Waals surface area contributed by atoms with Crippen LogP contribution in [-0.4, -0.2) is 23.6 Å². The van der Waals surface area contributed by atoms with Crippen LogP contribution in [0.2, 0.25) is 0 Å². The van der Waals surface area contributed by atoms with E-state index in [0.29, 0.717) is 6.54 Å². The van der Waals surface area contributed by atoms with Crippen molar-refractivity contribution in [3.05, 3.63) is 35.9 Å². The molecular formula is C15H21N3O. The zero-order valence-electron chi connectivity index (χ0n) is 11.2. The van der Waals surface area contributed by atoms with Crippen LogP contribution in [0.15, 0.2) is 35.5 Å². The summed E-state index contributed by atoms with van der Waals surface area (Å²) in [5, 5.41) is 15.3. The molecule has 102 valence electrons. The summed E-state index contributed by atoms with van der Waals surface area (Å²) in [6, 6.07) is 9.71. The third-order valence-electron chi connectivity index (χ3n) is 3.02. The van der Waals surface area contributed by atoms with E-state index < -0.39 is 0 Å². The highest BCUT2D eigenvalue weighted by molar-refractivity contribution is 5.87. The summed E-state index contributed by atoms with van der Waals surface area (Å²) < 4.78 is 0. The molecule has 2 atom stereocenters. The van der Waals surface area contributed by atoms with Crippen LogP contribution in [-0.2, 0) is 0 Å². The van der Waals surface area contributed by atoms with Gasteiger partial charge in [-0.1, -0.05) is 54.8 Å². The number of nitrogens with one attached hydrogen (secondary N) is 1. The smallest absolute Gasteiger partial charge is 0.147 e. The van der Waals surface area contributed by atoms with Gasteiger partial charge in [-0.15, -0.1) is 6.42 Å². The van der Waals surface area contributed by atoms with Gasteiger partial charge in [-0.25, -0.2) is 0 Å². The predicted octanol–water partition coefficient (Wildman–Crippen LogP) is 1.91. The number of amidine groups is 1. The van der Waals surface area contributed by atoms with Crippen LogP contribution in [0, 0.1) is 12.3 Å². The minimum absolute atomic E-state index is 0.0164. The average molecular weight is 259 g/mol. The van der Waals surface area contributed by atoms with Crippen LogP contribution >= 0.6 is 0 Å². The van der Waals surface area contributed by atoms with Gasteiger partial charge in [-0.2, -0.15) is 0 Å². The maximum Gasteiger partial charge on any atom is 0.147 e. The van der Waals surface area contributed by atoms with Crippen LogP contribution in [0.3, 0.4) is 0 Å². The molecule has 0 saturated carbocycles. The molecule has 0 spiro atoms. The normalized spacial score (nSPS) is 14.6. The molecule has 0 aliphatic heterocycles. The summed E-state index contributed by atoms with van der Waals surface area (Å²) in [6.45, 7) is 2.64. The number of hydrogen-bond acceptors (Lipinski definition) is 3. The summed E-state index contributed by atoms with van der Waals surface area (Å²) in [7, 11) is 0. The molecule has 0 heterocycles. The molecular weight excluding hydrogens is 238 g/mol. The van der Waals surface area contributed by atoms with Gasteiger partial charge < -0.3 is 16.3 Å². The molecule has 2 unspecified atom stereocenters. The van der Waals surface area contributed by atoms with Crippen molar-refractivity contribution in [3.8, 4) is 12.3 Å². The van der Waals surface area contributed by atoms with Crippen LogP contribution < -0.4 is 11.1 Å². The zero-order chi connectivity index (χ0) is 14.1. The van der Waals surface area contributed by atoms with Gasteiger partial charge in [-0.05, 0) is 12.0 Å². The fraction of sp³-hybridized carbons (Fsp3) is 0.400. The lowest BCUT2D eigenvalue weighted by molar-refractivity contribution is 0.315. The number of benzene rings is 1. The first-order valence-electron chi connectivity index (χ1n) is 6.44. The highest BCUT2D eigenvalue weighted by Crippen LogP contribution is 2.15. The molecule has 0 aliphatic rings. The molecule has 1 rings (SSSR count). The van der Waals surface area contributed by atoms with Crippen LogP contribution in [0.5, 0.6) is 0 Å². The minimum atomic E-state index is -0.182. The molecule has 0 saturated heterocycles. The third-order valence-corrected chi connectivity index (χ3v) is 3.02. The maximum atomic E-state index is 8.89. The number of rotatable bonds is 7. The van der Waals surface area contributed by atoms with Gasteiger partial charge >= 0.3 is 0 Å². The van der Waals surface area contributed by atoms with Crippen molar-refractivity contribution in [1.82, 2.24) is 5.32 Å². The van der Waals surface area contributed by atoms with Crippen molar-refractivity contribution in [2.75, 3.05) is 6.54 Å². The van der Waals surface area contributed by atoms with Gasteiger partial charge in [-0.3, -0.25) is 0 Å². The Bertz CT molecular complexity index is 436. The van der Waals surface area contributed by atoms with Gasteiger partial charge in [0.05, 0.1) is 12.0 Å². The second-order valence-corrected chi connectivity index (χ2v) is 4.40.